The quantitative estimate of drug-likeness (QED) is 0.767. The van der Waals surface area contributed by atoms with Gasteiger partial charge >= 0.3 is 0 Å². The molecule has 4 heteroatoms. The van der Waals surface area contributed by atoms with Crippen molar-refractivity contribution in [1.29, 1.82) is 0 Å². The molecule has 0 bridgehead atoms. The maximum Gasteiger partial charge on any atom is 0.262 e. The summed E-state index contributed by atoms with van der Waals surface area (Å²) in [4.78, 5) is 23.5. The van der Waals surface area contributed by atoms with E-state index in [2.05, 4.69) is 19.2 Å². The molecule has 0 saturated heterocycles. The van der Waals surface area contributed by atoms with Gasteiger partial charge in [-0.05, 0) is 43.0 Å². The average Bonchev–Trinajstić information content (AvgIpc) is 2.59. The van der Waals surface area contributed by atoms with Crippen molar-refractivity contribution in [2.45, 2.75) is 33.1 Å². The lowest BCUT2D eigenvalue weighted by Crippen LogP contribution is -2.20. The molecule has 0 aliphatic carbocycles. The van der Waals surface area contributed by atoms with E-state index in [1.165, 1.54) is 6.92 Å². The number of ether oxygens (including phenoxy) is 1. The van der Waals surface area contributed by atoms with Gasteiger partial charge in [0.2, 0.25) is 0 Å². The Morgan fingerprint density at radius 2 is 1.88 bits per heavy atom. The summed E-state index contributed by atoms with van der Waals surface area (Å²) in [6.45, 7) is 5.68. The SMILES string of the molecule is CCC(C)c1ccccc1OCC(=O)Nc1cccc(C(C)=O)c1. The summed E-state index contributed by atoms with van der Waals surface area (Å²) in [5.41, 5.74) is 2.26. The highest BCUT2D eigenvalue weighted by Crippen LogP contribution is 2.28. The normalized spacial score (nSPS) is 11.6. The Morgan fingerprint density at radius 1 is 1.12 bits per heavy atom. The minimum atomic E-state index is -0.255. The Labute approximate surface area is 142 Å². The van der Waals surface area contributed by atoms with Crippen molar-refractivity contribution in [3.05, 3.63) is 59.7 Å². The molecule has 126 valence electrons. The van der Waals surface area contributed by atoms with Crippen LogP contribution >= 0.6 is 0 Å². The second kappa shape index (κ2) is 8.29. The summed E-state index contributed by atoms with van der Waals surface area (Å²) in [6.07, 6.45) is 1.00. The number of amides is 1. The largest absolute Gasteiger partial charge is 0.483 e. The lowest BCUT2D eigenvalue weighted by Gasteiger charge is -2.15. The first-order valence-electron chi connectivity index (χ1n) is 8.13. The van der Waals surface area contributed by atoms with Crippen LogP contribution < -0.4 is 10.1 Å². The van der Waals surface area contributed by atoms with E-state index in [1.807, 2.05) is 24.3 Å². The van der Waals surface area contributed by atoms with Crippen LogP contribution in [-0.2, 0) is 4.79 Å². The molecule has 0 spiro atoms. The Balaban J connectivity index is 1.99. The molecule has 2 aromatic rings. The van der Waals surface area contributed by atoms with Gasteiger partial charge in [-0.15, -0.1) is 0 Å². The monoisotopic (exact) mass is 325 g/mol. The standard InChI is InChI=1S/C20H23NO3/c1-4-14(2)18-10-5-6-11-19(18)24-13-20(23)21-17-9-7-8-16(12-17)15(3)22/h5-12,14H,4,13H2,1-3H3,(H,21,23). The van der Waals surface area contributed by atoms with Gasteiger partial charge in [0.15, 0.2) is 12.4 Å². The fourth-order valence-electron chi connectivity index (χ4n) is 2.40. The predicted molar refractivity (Wildman–Crippen MR) is 95.7 cm³/mol. The number of carbonyl (C=O) groups excluding carboxylic acids is 2. The van der Waals surface area contributed by atoms with Gasteiger partial charge in [-0.1, -0.05) is 44.2 Å². The van der Waals surface area contributed by atoms with Crippen LogP contribution in [0.2, 0.25) is 0 Å². The Morgan fingerprint density at radius 3 is 2.58 bits per heavy atom. The highest BCUT2D eigenvalue weighted by molar-refractivity contribution is 5.97. The second-order valence-corrected chi connectivity index (χ2v) is 5.82. The van der Waals surface area contributed by atoms with Crippen molar-refractivity contribution < 1.29 is 14.3 Å². The number of rotatable bonds is 7. The van der Waals surface area contributed by atoms with Crippen molar-refractivity contribution in [3.63, 3.8) is 0 Å². The van der Waals surface area contributed by atoms with E-state index < -0.39 is 0 Å². The summed E-state index contributed by atoms with van der Waals surface area (Å²) in [7, 11) is 0. The molecule has 1 atom stereocenters. The predicted octanol–water partition coefficient (Wildman–Crippen LogP) is 4.42. The van der Waals surface area contributed by atoms with Crippen LogP contribution in [0.4, 0.5) is 5.69 Å². The number of benzene rings is 2. The molecule has 24 heavy (non-hydrogen) atoms. The lowest BCUT2D eigenvalue weighted by molar-refractivity contribution is -0.118. The molecule has 0 fully saturated rings. The van der Waals surface area contributed by atoms with Crippen LogP contribution in [0.15, 0.2) is 48.5 Å². The number of para-hydroxylation sites is 1. The van der Waals surface area contributed by atoms with Crippen molar-refractivity contribution in [2.24, 2.45) is 0 Å². The highest BCUT2D eigenvalue weighted by Gasteiger charge is 2.11. The number of Topliss-reactive ketones (excluding diaryl/α,β-unsaturated/α-hetero) is 1. The molecular weight excluding hydrogens is 302 g/mol. The summed E-state index contributed by atoms with van der Waals surface area (Å²) in [5.74, 6) is 0.815. The van der Waals surface area contributed by atoms with Crippen LogP contribution in [0.25, 0.3) is 0 Å². The Bertz CT molecular complexity index is 724. The van der Waals surface area contributed by atoms with Crippen molar-refractivity contribution in [3.8, 4) is 5.75 Å². The van der Waals surface area contributed by atoms with E-state index in [0.717, 1.165) is 17.7 Å². The molecule has 0 heterocycles. The first-order valence-corrected chi connectivity index (χ1v) is 8.13. The van der Waals surface area contributed by atoms with Gasteiger partial charge in [0.25, 0.3) is 5.91 Å². The first kappa shape index (κ1) is 17.7. The molecular formula is C20H23NO3. The highest BCUT2D eigenvalue weighted by atomic mass is 16.5. The molecule has 0 saturated carbocycles. The molecule has 0 aliphatic rings. The summed E-state index contributed by atoms with van der Waals surface area (Å²) >= 11 is 0. The van der Waals surface area contributed by atoms with E-state index in [9.17, 15) is 9.59 Å². The topological polar surface area (TPSA) is 55.4 Å². The van der Waals surface area contributed by atoms with Gasteiger partial charge in [0.05, 0.1) is 0 Å². The fourth-order valence-corrected chi connectivity index (χ4v) is 2.40. The van der Waals surface area contributed by atoms with Gasteiger partial charge in [-0.2, -0.15) is 0 Å². The third-order valence-electron chi connectivity index (χ3n) is 3.97. The molecule has 2 aromatic carbocycles. The number of nitrogens with one attached hydrogen (secondary N) is 1. The molecule has 0 aromatic heterocycles. The minimum absolute atomic E-state index is 0.0372. The van der Waals surface area contributed by atoms with Crippen LogP contribution in [0.5, 0.6) is 5.75 Å². The van der Waals surface area contributed by atoms with E-state index in [0.29, 0.717) is 17.2 Å². The van der Waals surface area contributed by atoms with E-state index in [1.54, 1.807) is 24.3 Å². The Kier molecular flexibility index (Phi) is 6.13. The van der Waals surface area contributed by atoms with Crippen LogP contribution in [-0.4, -0.2) is 18.3 Å². The number of carbonyl (C=O) groups is 2. The number of hydrogen-bond donors (Lipinski definition) is 1. The molecule has 1 amide bonds. The van der Waals surface area contributed by atoms with Gasteiger partial charge < -0.3 is 10.1 Å². The summed E-state index contributed by atoms with van der Waals surface area (Å²) in [5, 5.41) is 2.75. The van der Waals surface area contributed by atoms with Gasteiger partial charge in [-0.3, -0.25) is 9.59 Å². The first-order chi connectivity index (χ1) is 11.5. The zero-order valence-electron chi connectivity index (χ0n) is 14.3. The van der Waals surface area contributed by atoms with Gasteiger partial charge in [-0.25, -0.2) is 0 Å². The molecule has 1 unspecified atom stereocenters. The third-order valence-corrected chi connectivity index (χ3v) is 3.97. The number of ketones is 1. The van der Waals surface area contributed by atoms with Gasteiger partial charge in [0, 0.05) is 11.3 Å². The van der Waals surface area contributed by atoms with E-state index in [-0.39, 0.29) is 18.3 Å². The minimum Gasteiger partial charge on any atom is -0.483 e. The van der Waals surface area contributed by atoms with Crippen molar-refractivity contribution in [2.75, 3.05) is 11.9 Å². The molecule has 2 rings (SSSR count). The van der Waals surface area contributed by atoms with Crippen LogP contribution in [0, 0.1) is 0 Å². The number of anilines is 1. The van der Waals surface area contributed by atoms with Gasteiger partial charge in [0.1, 0.15) is 5.75 Å². The zero-order valence-corrected chi connectivity index (χ0v) is 14.3. The maximum absolute atomic E-state index is 12.1. The van der Waals surface area contributed by atoms with Crippen molar-refractivity contribution >= 4 is 17.4 Å². The second-order valence-electron chi connectivity index (χ2n) is 5.82. The van der Waals surface area contributed by atoms with E-state index in [4.69, 9.17) is 4.74 Å². The summed E-state index contributed by atoms with van der Waals surface area (Å²) < 4.78 is 5.69. The van der Waals surface area contributed by atoms with E-state index >= 15 is 0 Å². The van der Waals surface area contributed by atoms with Crippen molar-refractivity contribution in [1.82, 2.24) is 0 Å². The summed E-state index contributed by atoms with van der Waals surface area (Å²) in [6, 6.07) is 14.6. The van der Waals surface area contributed by atoms with Crippen LogP contribution in [0.3, 0.4) is 0 Å². The average molecular weight is 325 g/mol. The zero-order chi connectivity index (χ0) is 17.5. The molecule has 1 N–H and O–H groups in total. The molecule has 4 nitrogen and oxygen atoms in total. The smallest absolute Gasteiger partial charge is 0.262 e. The molecule has 0 radical (unpaired) electrons. The fraction of sp³-hybridized carbons (Fsp3) is 0.300. The molecule has 0 aliphatic heterocycles. The third kappa shape index (κ3) is 4.69. The Hall–Kier alpha value is -2.62. The maximum atomic E-state index is 12.1. The lowest BCUT2D eigenvalue weighted by atomic mass is 9.98. The van der Waals surface area contributed by atoms with Crippen LogP contribution in [0.1, 0.15) is 49.0 Å². The number of hydrogen-bond acceptors (Lipinski definition) is 3.